The number of thioether (sulfide) groups is 1. The average molecular weight is 322 g/mol. The maximum atomic E-state index is 11.0. The van der Waals surface area contributed by atoms with Crippen molar-refractivity contribution in [3.05, 3.63) is 18.1 Å². The van der Waals surface area contributed by atoms with Gasteiger partial charge in [0.05, 0.1) is 30.2 Å². The summed E-state index contributed by atoms with van der Waals surface area (Å²) in [7, 11) is 0. The van der Waals surface area contributed by atoms with E-state index in [0.717, 1.165) is 36.6 Å². The Hall–Kier alpha value is -1.80. The van der Waals surface area contributed by atoms with Gasteiger partial charge in [-0.2, -0.15) is 0 Å². The number of nitrogens with two attached hydrogens (primary N) is 1. The number of hydrogen-bond donors (Lipinski definition) is 1. The molecule has 0 bridgehead atoms. The van der Waals surface area contributed by atoms with Gasteiger partial charge < -0.3 is 14.9 Å². The Kier molecular flexibility index (Phi) is 4.49. The highest BCUT2D eigenvalue weighted by molar-refractivity contribution is 7.99. The van der Waals surface area contributed by atoms with Crippen molar-refractivity contribution in [1.29, 1.82) is 0 Å². The predicted octanol–water partition coefficient (Wildman–Crippen LogP) is 1.60. The van der Waals surface area contributed by atoms with Gasteiger partial charge in [-0.05, 0) is 25.8 Å². The molecule has 118 valence electrons. The average Bonchev–Trinajstić information content (AvgIpc) is 3.19. The molecule has 0 aliphatic carbocycles. The first-order valence-corrected chi connectivity index (χ1v) is 8.14. The van der Waals surface area contributed by atoms with E-state index in [2.05, 4.69) is 10.2 Å². The zero-order valence-electron chi connectivity index (χ0n) is 12.3. The zero-order valence-corrected chi connectivity index (χ0v) is 13.1. The van der Waals surface area contributed by atoms with Crippen molar-refractivity contribution in [1.82, 2.24) is 14.8 Å². The molecule has 1 atom stereocenters. The number of rotatable bonds is 6. The van der Waals surface area contributed by atoms with Gasteiger partial charge in [-0.1, -0.05) is 11.8 Å². The molecule has 3 rings (SSSR count). The topological polar surface area (TPSA) is 96.2 Å². The van der Waals surface area contributed by atoms with Crippen molar-refractivity contribution in [2.24, 2.45) is 5.73 Å². The summed E-state index contributed by atoms with van der Waals surface area (Å²) in [5.41, 5.74) is 6.12. The van der Waals surface area contributed by atoms with E-state index in [1.54, 1.807) is 6.26 Å². The van der Waals surface area contributed by atoms with Crippen LogP contribution in [-0.2, 0) is 16.1 Å². The summed E-state index contributed by atoms with van der Waals surface area (Å²) in [5.74, 6) is 1.31. The van der Waals surface area contributed by atoms with Crippen molar-refractivity contribution in [2.45, 2.75) is 37.6 Å². The van der Waals surface area contributed by atoms with E-state index in [1.807, 2.05) is 17.6 Å². The number of carbonyl (C=O) groups is 1. The van der Waals surface area contributed by atoms with Crippen molar-refractivity contribution < 1.29 is 13.9 Å². The smallest absolute Gasteiger partial charge is 0.227 e. The molecule has 0 spiro atoms. The molecular formula is C14H18N4O3S. The van der Waals surface area contributed by atoms with Gasteiger partial charge in [0.1, 0.15) is 5.76 Å². The highest BCUT2D eigenvalue weighted by Gasteiger charge is 2.23. The van der Waals surface area contributed by atoms with E-state index >= 15 is 0 Å². The molecule has 0 radical (unpaired) electrons. The molecule has 2 aromatic heterocycles. The summed E-state index contributed by atoms with van der Waals surface area (Å²) in [5, 5.41) is 9.13. The molecule has 1 unspecified atom stereocenters. The minimum Gasteiger partial charge on any atom is -0.469 e. The lowest BCUT2D eigenvalue weighted by atomic mass is 10.2. The molecule has 2 N–H and O–H groups in total. The Morgan fingerprint density at radius 2 is 2.41 bits per heavy atom. The van der Waals surface area contributed by atoms with Crippen LogP contribution in [0.15, 0.2) is 21.9 Å². The molecule has 3 heterocycles. The fourth-order valence-electron chi connectivity index (χ4n) is 2.50. The van der Waals surface area contributed by atoms with E-state index in [0.29, 0.717) is 11.7 Å². The van der Waals surface area contributed by atoms with Crippen LogP contribution in [0, 0.1) is 6.92 Å². The third kappa shape index (κ3) is 3.17. The normalized spacial score (nSPS) is 18.0. The molecule has 2 aromatic rings. The van der Waals surface area contributed by atoms with Crippen LogP contribution in [0.25, 0.3) is 11.4 Å². The van der Waals surface area contributed by atoms with Crippen LogP contribution in [0.4, 0.5) is 0 Å². The van der Waals surface area contributed by atoms with Crippen LogP contribution >= 0.6 is 11.8 Å². The summed E-state index contributed by atoms with van der Waals surface area (Å²) in [6.07, 6.45) is 3.86. The number of amides is 1. The van der Waals surface area contributed by atoms with Crippen molar-refractivity contribution in [2.75, 3.05) is 12.4 Å². The summed E-state index contributed by atoms with van der Waals surface area (Å²) < 4.78 is 13.1. The minimum absolute atomic E-state index is 0.148. The number of primary amides is 1. The minimum atomic E-state index is -0.377. The van der Waals surface area contributed by atoms with E-state index in [1.165, 1.54) is 11.8 Å². The number of hydrogen-bond acceptors (Lipinski definition) is 6. The Morgan fingerprint density at radius 1 is 1.55 bits per heavy atom. The Balaban J connectivity index is 1.91. The molecule has 1 aliphatic rings. The van der Waals surface area contributed by atoms with Gasteiger partial charge in [-0.3, -0.25) is 9.36 Å². The molecule has 1 amide bonds. The second-order valence-corrected chi connectivity index (χ2v) is 6.14. The first-order chi connectivity index (χ1) is 10.6. The Labute approximate surface area is 132 Å². The lowest BCUT2D eigenvalue weighted by Gasteiger charge is -2.14. The SMILES string of the molecule is Cc1occc1-c1nnc(SCC(N)=O)n1CC1CCCO1. The Bertz CT molecular complexity index is 661. The molecule has 8 heteroatoms. The van der Waals surface area contributed by atoms with Gasteiger partial charge in [-0.25, -0.2) is 0 Å². The predicted molar refractivity (Wildman–Crippen MR) is 81.4 cm³/mol. The summed E-state index contributed by atoms with van der Waals surface area (Å²) in [4.78, 5) is 11.0. The van der Waals surface area contributed by atoms with Crippen LogP contribution in [0.3, 0.4) is 0 Å². The number of furan rings is 1. The zero-order chi connectivity index (χ0) is 15.5. The van der Waals surface area contributed by atoms with Gasteiger partial charge in [0.25, 0.3) is 0 Å². The molecule has 1 saturated heterocycles. The Morgan fingerprint density at radius 3 is 3.05 bits per heavy atom. The number of carbonyl (C=O) groups excluding carboxylic acids is 1. The number of nitrogens with zero attached hydrogens (tertiary/aromatic N) is 3. The molecule has 0 aromatic carbocycles. The summed E-state index contributed by atoms with van der Waals surface area (Å²) in [6.45, 7) is 3.33. The molecule has 1 fully saturated rings. The highest BCUT2D eigenvalue weighted by Crippen LogP contribution is 2.28. The van der Waals surface area contributed by atoms with Gasteiger partial charge >= 0.3 is 0 Å². The van der Waals surface area contributed by atoms with Crippen LogP contribution in [0.1, 0.15) is 18.6 Å². The lowest BCUT2D eigenvalue weighted by molar-refractivity contribution is -0.115. The van der Waals surface area contributed by atoms with E-state index in [-0.39, 0.29) is 17.8 Å². The molecule has 1 aliphatic heterocycles. The first-order valence-electron chi connectivity index (χ1n) is 7.15. The maximum absolute atomic E-state index is 11.0. The second kappa shape index (κ2) is 6.53. The molecular weight excluding hydrogens is 304 g/mol. The maximum Gasteiger partial charge on any atom is 0.227 e. The third-order valence-corrected chi connectivity index (χ3v) is 4.56. The van der Waals surface area contributed by atoms with Gasteiger partial charge in [0.2, 0.25) is 5.91 Å². The fraction of sp³-hybridized carbons (Fsp3) is 0.500. The monoisotopic (exact) mass is 322 g/mol. The van der Waals surface area contributed by atoms with E-state index in [4.69, 9.17) is 14.9 Å². The second-order valence-electron chi connectivity index (χ2n) is 5.20. The van der Waals surface area contributed by atoms with Gasteiger partial charge in [-0.15, -0.1) is 10.2 Å². The standard InChI is InChI=1S/C14H18N4O3S/c1-9-11(4-6-20-9)13-16-17-14(22-8-12(15)19)18(13)7-10-3-2-5-21-10/h4,6,10H,2-3,5,7-8H2,1H3,(H2,15,19). The summed E-state index contributed by atoms with van der Waals surface area (Å²) in [6, 6.07) is 1.87. The fourth-order valence-corrected chi connectivity index (χ4v) is 3.19. The van der Waals surface area contributed by atoms with E-state index in [9.17, 15) is 4.79 Å². The first kappa shape index (κ1) is 15.1. The highest BCUT2D eigenvalue weighted by atomic mass is 32.2. The molecule has 7 nitrogen and oxygen atoms in total. The van der Waals surface area contributed by atoms with Crippen LogP contribution in [-0.4, -0.2) is 39.1 Å². The number of ether oxygens (including phenoxy) is 1. The quantitative estimate of drug-likeness (QED) is 0.812. The van der Waals surface area contributed by atoms with Crippen molar-refractivity contribution >= 4 is 17.7 Å². The van der Waals surface area contributed by atoms with Gasteiger partial charge in [0, 0.05) is 6.61 Å². The van der Waals surface area contributed by atoms with Crippen LogP contribution < -0.4 is 5.73 Å². The molecule has 0 saturated carbocycles. The van der Waals surface area contributed by atoms with Crippen molar-refractivity contribution in [3.63, 3.8) is 0 Å². The van der Waals surface area contributed by atoms with Crippen LogP contribution in [0.5, 0.6) is 0 Å². The number of aryl methyl sites for hydroxylation is 1. The lowest BCUT2D eigenvalue weighted by Crippen LogP contribution is -2.18. The largest absolute Gasteiger partial charge is 0.469 e. The summed E-state index contributed by atoms with van der Waals surface area (Å²) >= 11 is 1.29. The molecule has 22 heavy (non-hydrogen) atoms. The van der Waals surface area contributed by atoms with Crippen molar-refractivity contribution in [3.8, 4) is 11.4 Å². The van der Waals surface area contributed by atoms with Gasteiger partial charge in [0.15, 0.2) is 11.0 Å². The number of aromatic nitrogens is 3. The van der Waals surface area contributed by atoms with Crippen LogP contribution in [0.2, 0.25) is 0 Å². The van der Waals surface area contributed by atoms with E-state index < -0.39 is 0 Å². The third-order valence-electron chi connectivity index (χ3n) is 3.57.